The van der Waals surface area contributed by atoms with Crippen LogP contribution >= 0.6 is 0 Å². The number of carbonyl (C=O) groups excluding carboxylic acids is 2. The third-order valence-electron chi connectivity index (χ3n) is 4.09. The molecule has 0 saturated carbocycles. The minimum absolute atomic E-state index is 0.0186. The Balaban J connectivity index is 2.06. The first-order chi connectivity index (χ1) is 14.2. The van der Waals surface area contributed by atoms with Crippen molar-refractivity contribution in [2.75, 3.05) is 11.3 Å². The number of rotatable bonds is 10. The van der Waals surface area contributed by atoms with Crippen molar-refractivity contribution in [3.63, 3.8) is 0 Å². The van der Waals surface area contributed by atoms with Crippen LogP contribution in [0, 0.1) is 0 Å². The lowest BCUT2D eigenvalue weighted by Gasteiger charge is -2.11. The summed E-state index contributed by atoms with van der Waals surface area (Å²) in [5.74, 6) is -1.49. The van der Waals surface area contributed by atoms with Crippen molar-refractivity contribution >= 4 is 27.6 Å². The number of carbonyl (C=O) groups is 2. The molecule has 0 amide bonds. The van der Waals surface area contributed by atoms with Crippen LogP contribution < -0.4 is 4.72 Å². The van der Waals surface area contributed by atoms with Crippen LogP contribution in [0.2, 0.25) is 0 Å². The van der Waals surface area contributed by atoms with E-state index in [9.17, 15) is 18.0 Å². The maximum atomic E-state index is 12.7. The molecule has 0 bridgehead atoms. The van der Waals surface area contributed by atoms with Gasteiger partial charge in [0.25, 0.3) is 10.0 Å². The van der Waals surface area contributed by atoms with Gasteiger partial charge in [0.05, 0.1) is 16.6 Å². The number of aryl methyl sites for hydroxylation is 1. The van der Waals surface area contributed by atoms with Gasteiger partial charge in [-0.15, -0.1) is 0 Å². The van der Waals surface area contributed by atoms with E-state index >= 15 is 0 Å². The predicted molar refractivity (Wildman–Crippen MR) is 114 cm³/mol. The summed E-state index contributed by atoms with van der Waals surface area (Å²) in [6.07, 6.45) is 2.78. The number of sulfonamides is 1. The van der Waals surface area contributed by atoms with Gasteiger partial charge < -0.3 is 9.47 Å². The van der Waals surface area contributed by atoms with E-state index in [2.05, 4.69) is 11.6 Å². The van der Waals surface area contributed by atoms with Gasteiger partial charge in [-0.2, -0.15) is 0 Å². The molecule has 0 aromatic heterocycles. The van der Waals surface area contributed by atoms with Gasteiger partial charge >= 0.3 is 11.9 Å². The number of nitrogens with one attached hydrogen (secondary N) is 1. The Morgan fingerprint density at radius 2 is 1.77 bits per heavy atom. The molecule has 7 nitrogen and oxygen atoms in total. The summed E-state index contributed by atoms with van der Waals surface area (Å²) in [5, 5.41) is 0. The predicted octanol–water partition coefficient (Wildman–Crippen LogP) is 3.94. The van der Waals surface area contributed by atoms with Crippen molar-refractivity contribution in [3.8, 4) is 0 Å². The number of benzene rings is 2. The molecule has 1 N–H and O–H groups in total. The van der Waals surface area contributed by atoms with Crippen LogP contribution in [-0.2, 0) is 30.7 Å². The highest BCUT2D eigenvalue weighted by atomic mass is 32.2. The lowest BCUT2D eigenvalue weighted by atomic mass is 10.1. The maximum absolute atomic E-state index is 12.7. The Morgan fingerprint density at radius 1 is 1.07 bits per heavy atom. The van der Waals surface area contributed by atoms with E-state index < -0.39 is 28.6 Å². The molecular formula is C22H27NO6S. The second-order valence-electron chi connectivity index (χ2n) is 7.05. The van der Waals surface area contributed by atoms with Crippen molar-refractivity contribution in [2.45, 2.75) is 51.0 Å². The molecule has 8 heteroatoms. The zero-order chi connectivity index (χ0) is 22.1. The van der Waals surface area contributed by atoms with Gasteiger partial charge in [-0.05, 0) is 62.6 Å². The lowest BCUT2D eigenvalue weighted by molar-refractivity contribution is -0.150. The summed E-state index contributed by atoms with van der Waals surface area (Å²) in [5.41, 5.74) is 1.59. The summed E-state index contributed by atoms with van der Waals surface area (Å²) in [7, 11) is -3.90. The van der Waals surface area contributed by atoms with Gasteiger partial charge in [-0.3, -0.25) is 4.72 Å². The van der Waals surface area contributed by atoms with Crippen LogP contribution in [0.25, 0.3) is 0 Å². The second-order valence-corrected chi connectivity index (χ2v) is 8.73. The summed E-state index contributed by atoms with van der Waals surface area (Å²) in [6.45, 7) is 4.93. The third kappa shape index (κ3) is 7.18. The smallest absolute Gasteiger partial charge is 0.344 e. The SMILES string of the molecule is CCCCc1ccc(NS(=O)(=O)c2cccc(C(=O)OCC(=O)OC(C)C)c2)cc1. The average molecular weight is 434 g/mol. The van der Waals surface area contributed by atoms with E-state index in [1.54, 1.807) is 26.0 Å². The van der Waals surface area contributed by atoms with Crippen molar-refractivity contribution in [2.24, 2.45) is 0 Å². The normalized spacial score (nSPS) is 11.2. The fraction of sp³-hybridized carbons (Fsp3) is 0.364. The third-order valence-corrected chi connectivity index (χ3v) is 5.47. The van der Waals surface area contributed by atoms with Crippen LogP contribution in [0.3, 0.4) is 0 Å². The number of unbranched alkanes of at least 4 members (excludes halogenated alkanes) is 1. The topological polar surface area (TPSA) is 98.8 Å². The first kappa shape index (κ1) is 23.4. The van der Waals surface area contributed by atoms with Crippen LogP contribution in [0.4, 0.5) is 5.69 Å². The van der Waals surface area contributed by atoms with Gasteiger partial charge in [-0.1, -0.05) is 31.5 Å². The molecule has 0 aliphatic carbocycles. The van der Waals surface area contributed by atoms with E-state index in [-0.39, 0.29) is 16.6 Å². The number of esters is 2. The van der Waals surface area contributed by atoms with Crippen LogP contribution in [0.15, 0.2) is 53.4 Å². The van der Waals surface area contributed by atoms with E-state index in [4.69, 9.17) is 9.47 Å². The Labute approximate surface area is 177 Å². The number of anilines is 1. The first-order valence-electron chi connectivity index (χ1n) is 9.79. The Hall–Kier alpha value is -2.87. The van der Waals surface area contributed by atoms with E-state index in [0.29, 0.717) is 5.69 Å². The van der Waals surface area contributed by atoms with Crippen molar-refractivity contribution in [3.05, 3.63) is 59.7 Å². The standard InChI is InChI=1S/C22H27NO6S/c1-4-5-7-17-10-12-19(13-11-17)23-30(26,27)20-9-6-8-18(14-20)22(25)28-15-21(24)29-16(2)3/h6,8-14,16,23H,4-5,7,15H2,1-3H3. The molecule has 30 heavy (non-hydrogen) atoms. The Bertz CT molecular complexity index is 967. The fourth-order valence-corrected chi connectivity index (χ4v) is 3.73. The summed E-state index contributed by atoms with van der Waals surface area (Å²) >= 11 is 0. The molecule has 162 valence electrons. The summed E-state index contributed by atoms with van der Waals surface area (Å²) in [6, 6.07) is 12.6. The molecule has 0 unspecified atom stereocenters. The van der Waals surface area contributed by atoms with Gasteiger partial charge in [-0.25, -0.2) is 18.0 Å². The highest BCUT2D eigenvalue weighted by Crippen LogP contribution is 2.19. The number of ether oxygens (including phenoxy) is 2. The molecule has 0 heterocycles. The van der Waals surface area contributed by atoms with Crippen LogP contribution in [0.5, 0.6) is 0 Å². The molecule has 2 aromatic carbocycles. The quantitative estimate of drug-likeness (QED) is 0.570. The molecule has 0 radical (unpaired) electrons. The van der Waals surface area contributed by atoms with Gasteiger partial charge in [0.2, 0.25) is 0 Å². The highest BCUT2D eigenvalue weighted by Gasteiger charge is 2.18. The fourth-order valence-electron chi connectivity index (χ4n) is 2.63. The molecule has 2 aromatic rings. The number of hydrogen-bond donors (Lipinski definition) is 1. The molecule has 0 spiro atoms. The largest absolute Gasteiger partial charge is 0.460 e. The van der Waals surface area contributed by atoms with Gasteiger partial charge in [0.15, 0.2) is 6.61 Å². The lowest BCUT2D eigenvalue weighted by Crippen LogP contribution is -2.20. The molecular weight excluding hydrogens is 406 g/mol. The van der Waals surface area contributed by atoms with Crippen LogP contribution in [0.1, 0.15) is 49.5 Å². The molecule has 0 fully saturated rings. The summed E-state index contributed by atoms with van der Waals surface area (Å²) < 4.78 is 37.7. The zero-order valence-corrected chi connectivity index (χ0v) is 18.2. The molecule has 0 saturated heterocycles. The minimum Gasteiger partial charge on any atom is -0.460 e. The summed E-state index contributed by atoms with van der Waals surface area (Å²) in [4.78, 5) is 23.6. The minimum atomic E-state index is -3.90. The molecule has 0 atom stereocenters. The van der Waals surface area contributed by atoms with Crippen molar-refractivity contribution in [1.82, 2.24) is 0 Å². The van der Waals surface area contributed by atoms with E-state index in [0.717, 1.165) is 24.8 Å². The van der Waals surface area contributed by atoms with Gasteiger partial charge in [0.1, 0.15) is 0 Å². The highest BCUT2D eigenvalue weighted by molar-refractivity contribution is 7.92. The van der Waals surface area contributed by atoms with Crippen molar-refractivity contribution < 1.29 is 27.5 Å². The van der Waals surface area contributed by atoms with Crippen molar-refractivity contribution in [1.29, 1.82) is 0 Å². The van der Waals surface area contributed by atoms with E-state index in [1.165, 1.54) is 24.3 Å². The average Bonchev–Trinajstić information content (AvgIpc) is 2.71. The zero-order valence-electron chi connectivity index (χ0n) is 17.4. The molecule has 0 aliphatic heterocycles. The van der Waals surface area contributed by atoms with E-state index in [1.807, 2.05) is 12.1 Å². The second kappa shape index (κ2) is 10.8. The first-order valence-corrected chi connectivity index (χ1v) is 11.3. The Kier molecular flexibility index (Phi) is 8.41. The maximum Gasteiger partial charge on any atom is 0.344 e. The van der Waals surface area contributed by atoms with Crippen LogP contribution in [-0.4, -0.2) is 33.1 Å². The molecule has 2 rings (SSSR count). The van der Waals surface area contributed by atoms with Gasteiger partial charge in [0, 0.05) is 5.69 Å². The Morgan fingerprint density at radius 3 is 2.40 bits per heavy atom. The number of hydrogen-bond acceptors (Lipinski definition) is 6. The molecule has 0 aliphatic rings. The monoisotopic (exact) mass is 433 g/mol.